The zero-order chi connectivity index (χ0) is 34.9. The Bertz CT molecular complexity index is 3160. The van der Waals surface area contributed by atoms with Gasteiger partial charge in [-0.1, -0.05) is 146 Å². The van der Waals surface area contributed by atoms with Gasteiger partial charge in [-0.2, -0.15) is 0 Å². The second kappa shape index (κ2) is 11.7. The summed E-state index contributed by atoms with van der Waals surface area (Å²) in [5, 5.41) is 9.15. The molecule has 53 heavy (non-hydrogen) atoms. The zero-order valence-electron chi connectivity index (χ0n) is 28.7. The number of benzene rings is 9. The molecule has 11 aromatic rings. The summed E-state index contributed by atoms with van der Waals surface area (Å²) in [6, 6.07) is 66.5. The molecule has 9 aromatic carbocycles. The fourth-order valence-electron chi connectivity index (χ4n) is 8.29. The Labute approximate surface area is 305 Å². The van der Waals surface area contributed by atoms with Gasteiger partial charge in [0.1, 0.15) is 22.3 Å². The van der Waals surface area contributed by atoms with Crippen LogP contribution in [0.5, 0.6) is 0 Å². The lowest BCUT2D eigenvalue weighted by molar-refractivity contribution is 0.670. The zero-order valence-corrected chi connectivity index (χ0v) is 28.7. The molecule has 2 heterocycles. The summed E-state index contributed by atoms with van der Waals surface area (Å²) in [5.41, 5.74) is 11.1. The first-order valence-electron chi connectivity index (χ1n) is 18.0. The van der Waals surface area contributed by atoms with Crippen LogP contribution in [0.15, 0.2) is 197 Å². The van der Waals surface area contributed by atoms with Gasteiger partial charge in [-0.05, 0) is 69.8 Å². The lowest BCUT2D eigenvalue weighted by Crippen LogP contribution is -2.10. The minimum absolute atomic E-state index is 0.874. The number of rotatable bonds is 5. The Hall–Kier alpha value is -7.10. The Morgan fingerprint density at radius 3 is 1.62 bits per heavy atom. The second-order valence-electron chi connectivity index (χ2n) is 13.6. The van der Waals surface area contributed by atoms with E-state index in [0.717, 1.165) is 88.6 Å². The van der Waals surface area contributed by atoms with E-state index >= 15 is 0 Å². The van der Waals surface area contributed by atoms with Crippen LogP contribution in [-0.4, -0.2) is 0 Å². The van der Waals surface area contributed by atoms with Crippen LogP contribution in [0.25, 0.3) is 87.7 Å². The molecule has 0 N–H and O–H groups in total. The van der Waals surface area contributed by atoms with E-state index in [1.807, 2.05) is 12.1 Å². The Balaban J connectivity index is 1.19. The molecular formula is C50H31NO2. The van der Waals surface area contributed by atoms with Crippen molar-refractivity contribution in [1.29, 1.82) is 0 Å². The van der Waals surface area contributed by atoms with Gasteiger partial charge in [0.2, 0.25) is 0 Å². The van der Waals surface area contributed by atoms with Crippen molar-refractivity contribution >= 4 is 82.5 Å². The molecule has 0 aliphatic carbocycles. The highest BCUT2D eigenvalue weighted by molar-refractivity contribution is 6.33. The Morgan fingerprint density at radius 2 is 0.849 bits per heavy atom. The fourth-order valence-corrected chi connectivity index (χ4v) is 8.29. The van der Waals surface area contributed by atoms with E-state index in [1.54, 1.807) is 0 Å². The van der Waals surface area contributed by atoms with Gasteiger partial charge in [0, 0.05) is 44.0 Å². The molecule has 11 rings (SSSR count). The Morgan fingerprint density at radius 1 is 0.302 bits per heavy atom. The van der Waals surface area contributed by atoms with E-state index in [9.17, 15) is 0 Å². The van der Waals surface area contributed by atoms with Gasteiger partial charge in [0.25, 0.3) is 0 Å². The molecule has 2 aromatic heterocycles. The summed E-state index contributed by atoms with van der Waals surface area (Å²) in [7, 11) is 0. The SMILES string of the molecule is c1ccc(-c2ccc(N(c3ccccc3)c3ccc(-c4cccc5c4oc4ccccc45)cc3)c3c2oc2c4ccccc4c4ccccc4c23)cc1. The number of nitrogens with zero attached hydrogens (tertiary/aromatic N) is 1. The summed E-state index contributed by atoms with van der Waals surface area (Å²) in [6.45, 7) is 0. The third-order valence-electron chi connectivity index (χ3n) is 10.7. The van der Waals surface area contributed by atoms with Crippen LogP contribution in [-0.2, 0) is 0 Å². The molecule has 0 aliphatic heterocycles. The monoisotopic (exact) mass is 677 g/mol. The van der Waals surface area contributed by atoms with Gasteiger partial charge in [0.15, 0.2) is 0 Å². The van der Waals surface area contributed by atoms with E-state index in [4.69, 9.17) is 8.83 Å². The minimum Gasteiger partial charge on any atom is -0.455 e. The number of anilines is 3. The number of hydrogen-bond acceptors (Lipinski definition) is 3. The number of furan rings is 2. The molecule has 0 bridgehead atoms. The lowest BCUT2D eigenvalue weighted by atomic mass is 9.94. The van der Waals surface area contributed by atoms with Crippen molar-refractivity contribution in [3.63, 3.8) is 0 Å². The summed E-state index contributed by atoms with van der Waals surface area (Å²) in [6.07, 6.45) is 0. The average molecular weight is 678 g/mol. The van der Waals surface area contributed by atoms with Crippen LogP contribution in [0.2, 0.25) is 0 Å². The topological polar surface area (TPSA) is 29.5 Å². The summed E-state index contributed by atoms with van der Waals surface area (Å²) in [4.78, 5) is 2.36. The third-order valence-corrected chi connectivity index (χ3v) is 10.7. The lowest BCUT2D eigenvalue weighted by Gasteiger charge is -2.27. The van der Waals surface area contributed by atoms with Crippen molar-refractivity contribution < 1.29 is 8.83 Å². The van der Waals surface area contributed by atoms with Gasteiger partial charge < -0.3 is 13.7 Å². The first kappa shape index (κ1) is 29.6. The van der Waals surface area contributed by atoms with Gasteiger partial charge in [-0.15, -0.1) is 0 Å². The minimum atomic E-state index is 0.874. The molecule has 248 valence electrons. The predicted molar refractivity (Wildman–Crippen MR) is 222 cm³/mol. The van der Waals surface area contributed by atoms with Gasteiger partial charge in [-0.25, -0.2) is 0 Å². The van der Waals surface area contributed by atoms with E-state index in [2.05, 4.69) is 181 Å². The molecule has 3 nitrogen and oxygen atoms in total. The smallest absolute Gasteiger partial charge is 0.145 e. The van der Waals surface area contributed by atoms with Crippen molar-refractivity contribution in [2.24, 2.45) is 0 Å². The highest BCUT2D eigenvalue weighted by atomic mass is 16.3. The third kappa shape index (κ3) is 4.54. The second-order valence-corrected chi connectivity index (χ2v) is 13.6. The van der Waals surface area contributed by atoms with E-state index in [0.29, 0.717) is 0 Å². The van der Waals surface area contributed by atoms with Crippen LogP contribution in [0.4, 0.5) is 17.1 Å². The molecule has 0 atom stereocenters. The van der Waals surface area contributed by atoms with Crippen LogP contribution < -0.4 is 4.90 Å². The molecule has 0 unspecified atom stereocenters. The van der Waals surface area contributed by atoms with Crippen molar-refractivity contribution in [3.8, 4) is 22.3 Å². The number of fused-ring (bicyclic) bond motifs is 11. The van der Waals surface area contributed by atoms with Crippen LogP contribution in [0.3, 0.4) is 0 Å². The summed E-state index contributed by atoms with van der Waals surface area (Å²) in [5.74, 6) is 0. The largest absolute Gasteiger partial charge is 0.455 e. The molecule has 0 spiro atoms. The maximum absolute atomic E-state index is 7.13. The first-order chi connectivity index (χ1) is 26.3. The van der Waals surface area contributed by atoms with Gasteiger partial charge in [-0.3, -0.25) is 0 Å². The molecule has 0 aliphatic rings. The number of para-hydroxylation sites is 3. The maximum Gasteiger partial charge on any atom is 0.145 e. The fraction of sp³-hybridized carbons (Fsp3) is 0. The van der Waals surface area contributed by atoms with Gasteiger partial charge >= 0.3 is 0 Å². The van der Waals surface area contributed by atoms with E-state index < -0.39 is 0 Å². The van der Waals surface area contributed by atoms with Crippen LogP contribution in [0.1, 0.15) is 0 Å². The van der Waals surface area contributed by atoms with Crippen molar-refractivity contribution in [2.45, 2.75) is 0 Å². The van der Waals surface area contributed by atoms with Gasteiger partial charge in [0.05, 0.1) is 11.1 Å². The highest BCUT2D eigenvalue weighted by Gasteiger charge is 2.25. The van der Waals surface area contributed by atoms with Crippen molar-refractivity contribution in [2.75, 3.05) is 4.90 Å². The molecule has 0 saturated heterocycles. The normalized spacial score (nSPS) is 11.8. The van der Waals surface area contributed by atoms with Crippen LogP contribution in [0, 0.1) is 0 Å². The highest BCUT2D eigenvalue weighted by Crippen LogP contribution is 2.50. The van der Waals surface area contributed by atoms with E-state index in [1.165, 1.54) is 16.2 Å². The summed E-state index contributed by atoms with van der Waals surface area (Å²) < 4.78 is 13.6. The van der Waals surface area contributed by atoms with Crippen LogP contribution >= 0.6 is 0 Å². The van der Waals surface area contributed by atoms with E-state index in [-0.39, 0.29) is 0 Å². The molecule has 0 fully saturated rings. The average Bonchev–Trinajstić information content (AvgIpc) is 3.83. The molecule has 0 radical (unpaired) electrons. The first-order valence-corrected chi connectivity index (χ1v) is 18.0. The predicted octanol–water partition coefficient (Wildman–Crippen LogP) is 14.6. The standard InChI is InChI=1S/C50H31NO2/c1-3-14-32(15-4-1)37-30-31-44(47-46-41-21-9-7-18-38(41)39-19-8-10-22-42(39)50(46)53-49(37)47)51(34-16-5-2-6-17-34)35-28-26-33(27-29-35)36-23-13-24-43-40-20-11-12-25-45(40)52-48(36)43/h1-31H. The Kier molecular flexibility index (Phi) is 6.55. The molecule has 0 saturated carbocycles. The number of hydrogen-bond donors (Lipinski definition) is 0. The maximum atomic E-state index is 7.13. The quantitative estimate of drug-likeness (QED) is 0.170. The molecule has 3 heteroatoms. The summed E-state index contributed by atoms with van der Waals surface area (Å²) >= 11 is 0. The molecule has 0 amide bonds. The van der Waals surface area contributed by atoms with Crippen molar-refractivity contribution in [1.82, 2.24) is 0 Å². The molecular weight excluding hydrogens is 647 g/mol. The van der Waals surface area contributed by atoms with Crippen molar-refractivity contribution in [3.05, 3.63) is 188 Å².